The van der Waals surface area contributed by atoms with Crippen molar-refractivity contribution in [2.24, 2.45) is 5.92 Å². The minimum Gasteiger partial charge on any atom is -0.382 e. The Morgan fingerprint density at radius 1 is 1.25 bits per heavy atom. The van der Waals surface area contributed by atoms with Gasteiger partial charge in [0.1, 0.15) is 0 Å². The van der Waals surface area contributed by atoms with E-state index in [2.05, 4.69) is 10.0 Å². The van der Waals surface area contributed by atoms with Gasteiger partial charge in [0.15, 0.2) is 0 Å². The number of methoxy groups -OCH3 is 1. The number of sulfonamides is 1. The molecule has 7 heteroatoms. The van der Waals surface area contributed by atoms with E-state index in [9.17, 15) is 8.42 Å². The van der Waals surface area contributed by atoms with Gasteiger partial charge in [-0.05, 0) is 44.7 Å². The number of hydrogen-bond acceptors (Lipinski definition) is 5. The van der Waals surface area contributed by atoms with Crippen molar-refractivity contribution in [1.82, 2.24) is 10.0 Å². The molecule has 0 amide bonds. The maximum atomic E-state index is 11.9. The molecule has 0 aromatic carbocycles. The topological polar surface area (TPSA) is 76.7 Å². The van der Waals surface area contributed by atoms with Crippen molar-refractivity contribution in [3.05, 3.63) is 0 Å². The van der Waals surface area contributed by atoms with Gasteiger partial charge in [-0.15, -0.1) is 0 Å². The van der Waals surface area contributed by atoms with Crippen LogP contribution in [0.25, 0.3) is 0 Å². The lowest BCUT2D eigenvalue weighted by Crippen LogP contribution is -2.37. The third-order valence-electron chi connectivity index (χ3n) is 3.32. The quantitative estimate of drug-likeness (QED) is 0.539. The van der Waals surface area contributed by atoms with Gasteiger partial charge in [0, 0.05) is 20.3 Å². The van der Waals surface area contributed by atoms with Crippen LogP contribution in [0.4, 0.5) is 0 Å². The van der Waals surface area contributed by atoms with E-state index in [0.717, 1.165) is 38.8 Å². The van der Waals surface area contributed by atoms with Gasteiger partial charge in [0.25, 0.3) is 0 Å². The SMILES string of the molecule is COCCOCCCCNS(=O)(=O)CC1CCCNC1. The summed E-state index contributed by atoms with van der Waals surface area (Å²) in [4.78, 5) is 0. The van der Waals surface area contributed by atoms with Crippen molar-refractivity contribution in [2.45, 2.75) is 25.7 Å². The van der Waals surface area contributed by atoms with Crippen LogP contribution >= 0.6 is 0 Å². The van der Waals surface area contributed by atoms with E-state index in [4.69, 9.17) is 9.47 Å². The van der Waals surface area contributed by atoms with Crippen molar-refractivity contribution in [3.8, 4) is 0 Å². The van der Waals surface area contributed by atoms with Crippen LogP contribution in [0.3, 0.4) is 0 Å². The molecule has 2 N–H and O–H groups in total. The lowest BCUT2D eigenvalue weighted by molar-refractivity contribution is 0.0689. The molecule has 1 atom stereocenters. The second-order valence-corrected chi connectivity index (χ2v) is 7.05. The summed E-state index contributed by atoms with van der Waals surface area (Å²) in [5.41, 5.74) is 0. The molecular formula is C13H28N2O4S. The third kappa shape index (κ3) is 8.86. The van der Waals surface area contributed by atoms with Gasteiger partial charge in [0.05, 0.1) is 19.0 Å². The van der Waals surface area contributed by atoms with Gasteiger partial charge in [-0.1, -0.05) is 0 Å². The lowest BCUT2D eigenvalue weighted by atomic mass is 10.0. The zero-order valence-corrected chi connectivity index (χ0v) is 13.2. The molecule has 6 nitrogen and oxygen atoms in total. The van der Waals surface area contributed by atoms with Crippen LogP contribution in [0.15, 0.2) is 0 Å². The normalized spacial score (nSPS) is 20.1. The number of nitrogens with one attached hydrogen (secondary N) is 2. The first-order chi connectivity index (χ1) is 9.64. The number of unbranched alkanes of at least 4 members (excludes halogenated alkanes) is 1. The van der Waals surface area contributed by atoms with Gasteiger partial charge in [-0.3, -0.25) is 0 Å². The van der Waals surface area contributed by atoms with Crippen LogP contribution in [0.5, 0.6) is 0 Å². The minimum absolute atomic E-state index is 0.240. The number of ether oxygens (including phenoxy) is 2. The summed E-state index contributed by atoms with van der Waals surface area (Å²) in [7, 11) is -1.49. The van der Waals surface area contributed by atoms with Crippen LogP contribution in [0, 0.1) is 5.92 Å². The minimum atomic E-state index is -3.13. The van der Waals surface area contributed by atoms with Gasteiger partial charge >= 0.3 is 0 Å². The molecule has 1 unspecified atom stereocenters. The van der Waals surface area contributed by atoms with Crippen molar-refractivity contribution < 1.29 is 17.9 Å². The second kappa shape index (κ2) is 10.5. The summed E-state index contributed by atoms with van der Waals surface area (Å²) in [5.74, 6) is 0.489. The fourth-order valence-corrected chi connectivity index (χ4v) is 3.71. The highest BCUT2D eigenvalue weighted by Crippen LogP contribution is 2.11. The summed E-state index contributed by atoms with van der Waals surface area (Å²) < 4.78 is 36.6. The van der Waals surface area contributed by atoms with Gasteiger partial charge in [0.2, 0.25) is 10.0 Å². The molecule has 0 saturated carbocycles. The zero-order chi connectivity index (χ0) is 14.7. The first kappa shape index (κ1) is 17.8. The van der Waals surface area contributed by atoms with Gasteiger partial charge < -0.3 is 14.8 Å². The first-order valence-electron chi connectivity index (χ1n) is 7.39. The molecule has 0 aromatic heterocycles. The molecule has 1 aliphatic rings. The van der Waals surface area contributed by atoms with Crippen LogP contribution in [-0.2, 0) is 19.5 Å². The van der Waals surface area contributed by atoms with E-state index in [1.807, 2.05) is 0 Å². The van der Waals surface area contributed by atoms with Gasteiger partial charge in [-0.2, -0.15) is 0 Å². The number of rotatable bonds is 11. The summed E-state index contributed by atoms with van der Waals surface area (Å²) in [6.45, 7) is 4.16. The first-order valence-corrected chi connectivity index (χ1v) is 9.04. The maximum absolute atomic E-state index is 11.9. The highest BCUT2D eigenvalue weighted by atomic mass is 32.2. The Morgan fingerprint density at radius 2 is 2.10 bits per heavy atom. The van der Waals surface area contributed by atoms with Crippen molar-refractivity contribution in [1.29, 1.82) is 0 Å². The average Bonchev–Trinajstić information content (AvgIpc) is 2.42. The Hall–Kier alpha value is -0.210. The van der Waals surface area contributed by atoms with E-state index in [1.165, 1.54) is 0 Å². The fraction of sp³-hybridized carbons (Fsp3) is 1.00. The Bertz CT molecular complexity index is 329. The van der Waals surface area contributed by atoms with E-state index >= 15 is 0 Å². The van der Waals surface area contributed by atoms with E-state index in [1.54, 1.807) is 7.11 Å². The van der Waals surface area contributed by atoms with Crippen molar-refractivity contribution >= 4 is 10.0 Å². The molecule has 1 saturated heterocycles. The van der Waals surface area contributed by atoms with Crippen molar-refractivity contribution in [3.63, 3.8) is 0 Å². The zero-order valence-electron chi connectivity index (χ0n) is 12.4. The van der Waals surface area contributed by atoms with Crippen molar-refractivity contribution in [2.75, 3.05) is 52.3 Å². The number of piperidine rings is 1. The lowest BCUT2D eigenvalue weighted by Gasteiger charge is -2.22. The molecule has 0 bridgehead atoms. The monoisotopic (exact) mass is 308 g/mol. The second-order valence-electron chi connectivity index (χ2n) is 5.20. The maximum Gasteiger partial charge on any atom is 0.211 e. The molecule has 1 rings (SSSR count). The average molecular weight is 308 g/mol. The van der Waals surface area contributed by atoms with Gasteiger partial charge in [-0.25, -0.2) is 13.1 Å². The summed E-state index contributed by atoms with van der Waals surface area (Å²) >= 11 is 0. The van der Waals surface area contributed by atoms with E-state index in [0.29, 0.717) is 26.4 Å². The van der Waals surface area contributed by atoms with Crippen LogP contribution in [-0.4, -0.2) is 60.7 Å². The number of hydrogen-bond donors (Lipinski definition) is 2. The van der Waals surface area contributed by atoms with E-state index in [-0.39, 0.29) is 11.7 Å². The molecule has 0 spiro atoms. The molecule has 120 valence electrons. The highest BCUT2D eigenvalue weighted by molar-refractivity contribution is 7.89. The molecule has 0 aromatic rings. The Morgan fingerprint density at radius 3 is 2.80 bits per heavy atom. The summed E-state index contributed by atoms with van der Waals surface area (Å²) in [6.07, 6.45) is 3.73. The van der Waals surface area contributed by atoms with Crippen LogP contribution < -0.4 is 10.0 Å². The molecular weight excluding hydrogens is 280 g/mol. The van der Waals surface area contributed by atoms with Crippen LogP contribution in [0.2, 0.25) is 0 Å². The predicted molar refractivity (Wildman–Crippen MR) is 79.3 cm³/mol. The molecule has 20 heavy (non-hydrogen) atoms. The molecule has 1 aliphatic heterocycles. The molecule has 1 fully saturated rings. The Labute approximate surface area is 122 Å². The third-order valence-corrected chi connectivity index (χ3v) is 4.88. The molecule has 0 radical (unpaired) electrons. The standard InChI is InChI=1S/C13H28N2O4S/c1-18-9-10-19-8-3-2-7-15-20(16,17)12-13-5-4-6-14-11-13/h13-15H,2-12H2,1H3. The molecule has 1 heterocycles. The van der Waals surface area contributed by atoms with E-state index < -0.39 is 10.0 Å². The molecule has 0 aliphatic carbocycles. The predicted octanol–water partition coefficient (Wildman–Crippen LogP) is 0.349. The Kier molecular flexibility index (Phi) is 9.37. The summed E-state index contributed by atoms with van der Waals surface area (Å²) in [5, 5.41) is 3.24. The fourth-order valence-electron chi connectivity index (χ4n) is 2.24. The highest BCUT2D eigenvalue weighted by Gasteiger charge is 2.20. The Balaban J connectivity index is 2.01. The largest absolute Gasteiger partial charge is 0.382 e. The summed E-state index contributed by atoms with van der Waals surface area (Å²) in [6, 6.07) is 0. The smallest absolute Gasteiger partial charge is 0.211 e. The van der Waals surface area contributed by atoms with Crippen LogP contribution in [0.1, 0.15) is 25.7 Å².